The first kappa shape index (κ1) is 11.4. The summed E-state index contributed by atoms with van der Waals surface area (Å²) in [6.45, 7) is 1.74. The Morgan fingerprint density at radius 3 is 2.56 bits per heavy atom. The van der Waals surface area contributed by atoms with E-state index in [9.17, 15) is 5.11 Å². The molecule has 1 atom stereocenters. The maximum Gasteiger partial charge on any atom is 0.125 e. The predicted octanol–water partition coefficient (Wildman–Crippen LogP) is 3.66. The molecule has 0 aliphatic rings. The fraction of sp³-hybridized carbons (Fsp3) is 0.231. The van der Waals surface area contributed by atoms with Gasteiger partial charge in [-0.2, -0.15) is 0 Å². The van der Waals surface area contributed by atoms with Gasteiger partial charge >= 0.3 is 0 Å². The number of hydrogen-bond donors (Lipinski definition) is 1. The third-order valence-corrected chi connectivity index (χ3v) is 3.09. The van der Waals surface area contributed by atoms with Crippen molar-refractivity contribution < 1.29 is 9.84 Å². The Kier molecular flexibility index (Phi) is 3.17. The molecule has 0 radical (unpaired) electrons. The highest BCUT2D eigenvalue weighted by Crippen LogP contribution is 2.31. The van der Waals surface area contributed by atoms with Gasteiger partial charge in [-0.3, -0.25) is 0 Å². The number of methoxy groups -OCH3 is 1. The molecule has 84 valence electrons. The van der Waals surface area contributed by atoms with Crippen molar-refractivity contribution in [3.8, 4) is 5.75 Å². The highest BCUT2D eigenvalue weighted by molar-refractivity contribution is 9.10. The van der Waals surface area contributed by atoms with Gasteiger partial charge in [0, 0.05) is 10.0 Å². The summed E-state index contributed by atoms with van der Waals surface area (Å²) in [7, 11) is 1.62. The van der Waals surface area contributed by atoms with E-state index in [1.54, 1.807) is 14.0 Å². The lowest BCUT2D eigenvalue weighted by Crippen LogP contribution is -1.96. The van der Waals surface area contributed by atoms with Gasteiger partial charge in [0.1, 0.15) is 5.75 Å². The summed E-state index contributed by atoms with van der Waals surface area (Å²) in [6.07, 6.45) is -0.529. The third kappa shape index (κ3) is 2.06. The van der Waals surface area contributed by atoms with Crippen LogP contribution in [0.5, 0.6) is 5.75 Å². The minimum Gasteiger partial charge on any atom is -0.496 e. The minimum absolute atomic E-state index is 0.529. The summed E-state index contributed by atoms with van der Waals surface area (Å²) < 4.78 is 6.30. The number of aliphatic hydroxyl groups excluding tert-OH is 1. The molecule has 2 aromatic rings. The largest absolute Gasteiger partial charge is 0.496 e. The van der Waals surface area contributed by atoms with Gasteiger partial charge in [-0.05, 0) is 42.0 Å². The van der Waals surface area contributed by atoms with E-state index in [2.05, 4.69) is 15.9 Å². The zero-order valence-electron chi connectivity index (χ0n) is 9.20. The van der Waals surface area contributed by atoms with Crippen molar-refractivity contribution in [1.82, 2.24) is 0 Å². The molecule has 2 aromatic carbocycles. The van der Waals surface area contributed by atoms with E-state index in [1.165, 1.54) is 0 Å². The second-order valence-corrected chi connectivity index (χ2v) is 4.68. The van der Waals surface area contributed by atoms with Crippen LogP contribution in [-0.2, 0) is 0 Å². The van der Waals surface area contributed by atoms with Crippen LogP contribution in [-0.4, -0.2) is 12.2 Å². The standard InChI is InChI=1S/C13H13BrO2/c1-8(15)12-6-10-5-11(14)4-3-9(10)7-13(12)16-2/h3-8,15H,1-2H3. The van der Waals surface area contributed by atoms with Crippen molar-refractivity contribution in [3.63, 3.8) is 0 Å². The Morgan fingerprint density at radius 1 is 1.19 bits per heavy atom. The summed E-state index contributed by atoms with van der Waals surface area (Å²) in [6, 6.07) is 9.95. The Bertz CT molecular complexity index is 521. The van der Waals surface area contributed by atoms with Gasteiger partial charge in [-0.1, -0.05) is 22.0 Å². The van der Waals surface area contributed by atoms with Crippen molar-refractivity contribution in [1.29, 1.82) is 0 Å². The molecular weight excluding hydrogens is 268 g/mol. The average Bonchev–Trinajstić information content (AvgIpc) is 2.27. The van der Waals surface area contributed by atoms with Gasteiger partial charge in [0.25, 0.3) is 0 Å². The normalized spacial score (nSPS) is 12.8. The number of fused-ring (bicyclic) bond motifs is 1. The van der Waals surface area contributed by atoms with Crippen molar-refractivity contribution >= 4 is 26.7 Å². The zero-order chi connectivity index (χ0) is 11.7. The average molecular weight is 281 g/mol. The summed E-state index contributed by atoms with van der Waals surface area (Å²) >= 11 is 3.44. The van der Waals surface area contributed by atoms with Crippen molar-refractivity contribution in [2.45, 2.75) is 13.0 Å². The summed E-state index contributed by atoms with van der Waals surface area (Å²) in [5.74, 6) is 0.727. The first-order chi connectivity index (χ1) is 7.61. The molecule has 0 saturated carbocycles. The number of halogens is 1. The zero-order valence-corrected chi connectivity index (χ0v) is 10.8. The molecule has 0 saturated heterocycles. The fourth-order valence-electron chi connectivity index (χ4n) is 1.77. The van der Waals surface area contributed by atoms with Gasteiger partial charge in [-0.15, -0.1) is 0 Å². The molecule has 2 nitrogen and oxygen atoms in total. The lowest BCUT2D eigenvalue weighted by molar-refractivity contribution is 0.194. The van der Waals surface area contributed by atoms with E-state index in [-0.39, 0.29) is 0 Å². The molecule has 16 heavy (non-hydrogen) atoms. The molecule has 0 bridgehead atoms. The van der Waals surface area contributed by atoms with Crippen LogP contribution in [0.1, 0.15) is 18.6 Å². The number of ether oxygens (including phenoxy) is 1. The maximum absolute atomic E-state index is 9.67. The van der Waals surface area contributed by atoms with Crippen LogP contribution < -0.4 is 4.74 Å². The highest BCUT2D eigenvalue weighted by Gasteiger charge is 2.10. The molecule has 0 aliphatic carbocycles. The Balaban J connectivity index is 2.70. The lowest BCUT2D eigenvalue weighted by atomic mass is 10.0. The van der Waals surface area contributed by atoms with Crippen LogP contribution in [0.3, 0.4) is 0 Å². The number of aliphatic hydroxyl groups is 1. The smallest absolute Gasteiger partial charge is 0.125 e. The second-order valence-electron chi connectivity index (χ2n) is 3.76. The SMILES string of the molecule is COc1cc2ccc(Br)cc2cc1C(C)O. The molecule has 1 unspecified atom stereocenters. The first-order valence-electron chi connectivity index (χ1n) is 5.07. The van der Waals surface area contributed by atoms with E-state index in [0.717, 1.165) is 26.6 Å². The molecular formula is C13H13BrO2. The van der Waals surface area contributed by atoms with Gasteiger partial charge < -0.3 is 9.84 Å². The van der Waals surface area contributed by atoms with E-state index >= 15 is 0 Å². The van der Waals surface area contributed by atoms with Crippen LogP contribution in [0.2, 0.25) is 0 Å². The van der Waals surface area contributed by atoms with Crippen LogP contribution in [0.25, 0.3) is 10.8 Å². The van der Waals surface area contributed by atoms with E-state index < -0.39 is 6.10 Å². The van der Waals surface area contributed by atoms with Crippen molar-refractivity contribution in [3.05, 3.63) is 40.4 Å². The summed E-state index contributed by atoms with van der Waals surface area (Å²) in [5.41, 5.74) is 0.813. The molecule has 0 amide bonds. The van der Waals surface area contributed by atoms with Crippen molar-refractivity contribution in [2.75, 3.05) is 7.11 Å². The van der Waals surface area contributed by atoms with Crippen LogP contribution in [0.15, 0.2) is 34.8 Å². The minimum atomic E-state index is -0.529. The first-order valence-corrected chi connectivity index (χ1v) is 5.86. The summed E-state index contributed by atoms with van der Waals surface area (Å²) in [4.78, 5) is 0. The van der Waals surface area contributed by atoms with Crippen LogP contribution >= 0.6 is 15.9 Å². The van der Waals surface area contributed by atoms with Crippen LogP contribution in [0.4, 0.5) is 0 Å². The predicted molar refractivity (Wildman–Crippen MR) is 68.8 cm³/mol. The van der Waals surface area contributed by atoms with E-state index in [1.807, 2.05) is 30.3 Å². The van der Waals surface area contributed by atoms with Crippen molar-refractivity contribution in [2.24, 2.45) is 0 Å². The highest BCUT2D eigenvalue weighted by atomic mass is 79.9. The number of hydrogen-bond acceptors (Lipinski definition) is 2. The molecule has 0 fully saturated rings. The monoisotopic (exact) mass is 280 g/mol. The van der Waals surface area contributed by atoms with Gasteiger partial charge in [-0.25, -0.2) is 0 Å². The maximum atomic E-state index is 9.67. The summed E-state index contributed by atoms with van der Waals surface area (Å²) in [5, 5.41) is 11.9. The third-order valence-electron chi connectivity index (χ3n) is 2.60. The molecule has 0 spiro atoms. The van der Waals surface area contributed by atoms with Crippen LogP contribution in [0, 0.1) is 0 Å². The fourth-order valence-corrected chi connectivity index (χ4v) is 2.15. The van der Waals surface area contributed by atoms with Gasteiger partial charge in [0.05, 0.1) is 13.2 Å². The topological polar surface area (TPSA) is 29.5 Å². The quantitative estimate of drug-likeness (QED) is 0.910. The number of benzene rings is 2. The molecule has 3 heteroatoms. The van der Waals surface area contributed by atoms with E-state index in [0.29, 0.717) is 0 Å². The Labute approximate surface area is 103 Å². The second kappa shape index (κ2) is 4.44. The van der Waals surface area contributed by atoms with Gasteiger partial charge in [0.2, 0.25) is 0 Å². The van der Waals surface area contributed by atoms with E-state index in [4.69, 9.17) is 4.74 Å². The lowest BCUT2D eigenvalue weighted by Gasteiger charge is -2.12. The molecule has 2 rings (SSSR count). The molecule has 1 N–H and O–H groups in total. The molecule has 0 aliphatic heterocycles. The van der Waals surface area contributed by atoms with Gasteiger partial charge in [0.15, 0.2) is 0 Å². The number of rotatable bonds is 2. The molecule has 0 heterocycles. The molecule has 0 aromatic heterocycles. The Morgan fingerprint density at radius 2 is 1.94 bits per heavy atom. The Hall–Kier alpha value is -1.06.